The molecule has 1 atom stereocenters. The molecule has 0 radical (unpaired) electrons. The van der Waals surface area contributed by atoms with E-state index < -0.39 is 0 Å². The molecule has 0 fully saturated rings. The number of quaternary nitrogens is 1. The Kier molecular flexibility index (Phi) is 4.52. The van der Waals surface area contributed by atoms with Crippen LogP contribution in [0.4, 0.5) is 5.69 Å². The molecule has 24 heavy (non-hydrogen) atoms. The molecule has 3 rings (SSSR count). The fraction of sp³-hybridized carbons (Fsp3) is 0.294. The fourth-order valence-electron chi connectivity index (χ4n) is 2.49. The summed E-state index contributed by atoms with van der Waals surface area (Å²) in [6.45, 7) is 3.71. The van der Waals surface area contributed by atoms with Crippen LogP contribution in [0, 0.1) is 0 Å². The number of anilines is 1. The van der Waals surface area contributed by atoms with Gasteiger partial charge in [0, 0.05) is 11.6 Å². The first-order chi connectivity index (χ1) is 11.5. The molecule has 1 amide bonds. The quantitative estimate of drug-likeness (QED) is 0.782. The van der Waals surface area contributed by atoms with Crippen molar-refractivity contribution in [3.63, 3.8) is 0 Å². The first-order valence-electron chi connectivity index (χ1n) is 7.65. The normalized spacial score (nSPS) is 13.6. The van der Waals surface area contributed by atoms with Gasteiger partial charge in [0.1, 0.15) is 6.04 Å². The Morgan fingerprint density at radius 3 is 2.71 bits per heavy atom. The van der Waals surface area contributed by atoms with Gasteiger partial charge in [-0.2, -0.15) is 0 Å². The minimum Gasteiger partial charge on any atom is -0.463 e. The highest BCUT2D eigenvalue weighted by molar-refractivity contribution is 6.04. The average Bonchev–Trinajstić information content (AvgIpc) is 3.22. The Balaban J connectivity index is 1.67. The molecule has 7 heteroatoms. The van der Waals surface area contributed by atoms with Crippen molar-refractivity contribution in [1.29, 1.82) is 0 Å². The van der Waals surface area contributed by atoms with Gasteiger partial charge in [-0.1, -0.05) is 0 Å². The van der Waals surface area contributed by atoms with Gasteiger partial charge < -0.3 is 24.5 Å². The Bertz CT molecular complexity index is 755. The third-order valence-corrected chi connectivity index (χ3v) is 3.81. The highest BCUT2D eigenvalue weighted by Crippen LogP contribution is 2.37. The molecule has 1 aromatic heterocycles. The van der Waals surface area contributed by atoms with Crippen molar-refractivity contribution < 1.29 is 28.8 Å². The Labute approximate surface area is 138 Å². The number of ketones is 1. The second kappa shape index (κ2) is 6.76. The van der Waals surface area contributed by atoms with Crippen molar-refractivity contribution >= 4 is 17.4 Å². The summed E-state index contributed by atoms with van der Waals surface area (Å²) < 4.78 is 15.9. The summed E-state index contributed by atoms with van der Waals surface area (Å²) >= 11 is 0. The van der Waals surface area contributed by atoms with E-state index in [1.54, 1.807) is 18.4 Å². The molecule has 1 aliphatic heterocycles. The van der Waals surface area contributed by atoms with E-state index in [9.17, 15) is 9.59 Å². The number of carbonyl (C=O) groups excluding carboxylic acids is 2. The van der Waals surface area contributed by atoms with Crippen molar-refractivity contribution in [2.75, 3.05) is 18.7 Å². The lowest BCUT2D eigenvalue weighted by Crippen LogP contribution is -2.86. The van der Waals surface area contributed by atoms with Gasteiger partial charge in [0.25, 0.3) is 5.91 Å². The maximum absolute atomic E-state index is 12.2. The van der Waals surface area contributed by atoms with Crippen LogP contribution in [0.2, 0.25) is 0 Å². The summed E-state index contributed by atoms with van der Waals surface area (Å²) in [6.07, 6.45) is 1.60. The molecule has 7 nitrogen and oxygen atoms in total. The maximum atomic E-state index is 12.2. The standard InChI is InChI=1S/C17H18N2O5/c1-10(14-4-3-5-22-14)18-8-17(21)19-13-7-16-15(23-9-24-16)6-12(13)11(2)20/h3-7,10,18H,8-9H2,1-2H3,(H,19,21)/p+1/t10-/m1/s1. The van der Waals surface area contributed by atoms with Crippen molar-refractivity contribution in [2.24, 2.45) is 0 Å². The Morgan fingerprint density at radius 2 is 2.04 bits per heavy atom. The fourth-order valence-corrected chi connectivity index (χ4v) is 2.49. The summed E-state index contributed by atoms with van der Waals surface area (Å²) in [7, 11) is 0. The predicted octanol–water partition coefficient (Wildman–Crippen LogP) is 1.47. The van der Waals surface area contributed by atoms with Crippen LogP contribution in [0.25, 0.3) is 0 Å². The summed E-state index contributed by atoms with van der Waals surface area (Å²) in [5.41, 5.74) is 0.822. The number of furan rings is 1. The van der Waals surface area contributed by atoms with Gasteiger partial charge in [-0.3, -0.25) is 9.59 Å². The van der Waals surface area contributed by atoms with E-state index in [0.29, 0.717) is 22.7 Å². The topological polar surface area (TPSA) is 94.4 Å². The number of nitrogens with two attached hydrogens (primary N) is 1. The highest BCUT2D eigenvalue weighted by Gasteiger charge is 2.21. The molecule has 0 unspecified atom stereocenters. The number of rotatable bonds is 6. The van der Waals surface area contributed by atoms with Gasteiger partial charge in [0.15, 0.2) is 29.6 Å². The van der Waals surface area contributed by atoms with E-state index in [2.05, 4.69) is 5.32 Å². The van der Waals surface area contributed by atoms with Crippen molar-refractivity contribution in [3.8, 4) is 11.5 Å². The molecule has 0 bridgehead atoms. The molecule has 3 N–H and O–H groups in total. The van der Waals surface area contributed by atoms with Gasteiger partial charge in [-0.25, -0.2) is 0 Å². The third-order valence-electron chi connectivity index (χ3n) is 3.81. The molecular formula is C17H19N2O5+. The number of carbonyl (C=O) groups is 2. The van der Waals surface area contributed by atoms with E-state index >= 15 is 0 Å². The van der Waals surface area contributed by atoms with E-state index in [1.807, 2.05) is 24.4 Å². The van der Waals surface area contributed by atoms with Crippen LogP contribution in [-0.2, 0) is 4.79 Å². The number of hydrogen-bond donors (Lipinski definition) is 2. The minimum absolute atomic E-state index is 0.0229. The maximum Gasteiger partial charge on any atom is 0.279 e. The zero-order valence-electron chi connectivity index (χ0n) is 13.5. The molecule has 126 valence electrons. The minimum atomic E-state index is -0.213. The smallest absolute Gasteiger partial charge is 0.279 e. The second-order valence-electron chi connectivity index (χ2n) is 5.60. The zero-order valence-corrected chi connectivity index (χ0v) is 13.5. The lowest BCUT2D eigenvalue weighted by atomic mass is 10.1. The van der Waals surface area contributed by atoms with Gasteiger partial charge >= 0.3 is 0 Å². The van der Waals surface area contributed by atoms with Crippen LogP contribution in [-0.4, -0.2) is 25.0 Å². The number of amides is 1. The summed E-state index contributed by atoms with van der Waals surface area (Å²) in [4.78, 5) is 24.0. The van der Waals surface area contributed by atoms with E-state index in [4.69, 9.17) is 13.9 Å². The lowest BCUT2D eigenvalue weighted by Gasteiger charge is -2.11. The summed E-state index contributed by atoms with van der Waals surface area (Å²) in [5, 5.41) is 4.62. The van der Waals surface area contributed by atoms with Gasteiger partial charge in [0.2, 0.25) is 6.79 Å². The van der Waals surface area contributed by atoms with Crippen LogP contribution in [0.5, 0.6) is 11.5 Å². The first kappa shape index (κ1) is 16.1. The van der Waals surface area contributed by atoms with Crippen molar-refractivity contribution in [2.45, 2.75) is 19.9 Å². The molecule has 1 aliphatic rings. The Hall–Kier alpha value is -2.80. The monoisotopic (exact) mass is 331 g/mol. The second-order valence-corrected chi connectivity index (χ2v) is 5.60. The van der Waals surface area contributed by atoms with Crippen molar-refractivity contribution in [3.05, 3.63) is 41.9 Å². The molecule has 2 heterocycles. The van der Waals surface area contributed by atoms with Crippen LogP contribution in [0.1, 0.15) is 36.0 Å². The van der Waals surface area contributed by atoms with Crippen LogP contribution >= 0.6 is 0 Å². The number of benzene rings is 1. The Morgan fingerprint density at radius 1 is 1.29 bits per heavy atom. The molecular weight excluding hydrogens is 312 g/mol. The third kappa shape index (κ3) is 3.41. The average molecular weight is 331 g/mol. The molecule has 0 saturated carbocycles. The summed E-state index contributed by atoms with van der Waals surface area (Å²) in [6, 6.07) is 6.91. The molecule has 1 aromatic carbocycles. The van der Waals surface area contributed by atoms with Crippen LogP contribution < -0.4 is 20.1 Å². The van der Waals surface area contributed by atoms with Crippen LogP contribution in [0.3, 0.4) is 0 Å². The number of Topliss-reactive ketones (excluding diaryl/α,β-unsaturated/α-hetero) is 1. The SMILES string of the molecule is CC(=O)c1cc2c(cc1NC(=O)C[NH2+][C@H](C)c1ccco1)OCO2. The number of ether oxygens (including phenoxy) is 2. The van der Waals surface area contributed by atoms with E-state index in [1.165, 1.54) is 6.92 Å². The predicted molar refractivity (Wildman–Crippen MR) is 85.1 cm³/mol. The van der Waals surface area contributed by atoms with Crippen LogP contribution in [0.15, 0.2) is 34.9 Å². The zero-order chi connectivity index (χ0) is 17.1. The molecule has 0 spiro atoms. The van der Waals surface area contributed by atoms with Crippen molar-refractivity contribution in [1.82, 2.24) is 0 Å². The summed E-state index contributed by atoms with van der Waals surface area (Å²) in [5.74, 6) is 1.46. The highest BCUT2D eigenvalue weighted by atomic mass is 16.7. The molecule has 0 saturated heterocycles. The molecule has 2 aromatic rings. The first-order valence-corrected chi connectivity index (χ1v) is 7.65. The van der Waals surface area contributed by atoms with E-state index in [0.717, 1.165) is 5.76 Å². The number of nitrogens with one attached hydrogen (secondary N) is 1. The number of fused-ring (bicyclic) bond motifs is 1. The van der Waals surface area contributed by atoms with Gasteiger partial charge in [0.05, 0.1) is 12.0 Å². The lowest BCUT2D eigenvalue weighted by molar-refractivity contribution is -0.684. The largest absolute Gasteiger partial charge is 0.463 e. The van der Waals surface area contributed by atoms with E-state index in [-0.39, 0.29) is 31.1 Å². The molecule has 0 aliphatic carbocycles. The van der Waals surface area contributed by atoms with Gasteiger partial charge in [-0.15, -0.1) is 0 Å². The number of hydrogen-bond acceptors (Lipinski definition) is 5. The van der Waals surface area contributed by atoms with Gasteiger partial charge in [-0.05, 0) is 32.0 Å².